The zero-order valence-corrected chi connectivity index (χ0v) is 15.0. The van der Waals surface area contributed by atoms with Crippen molar-refractivity contribution in [2.24, 2.45) is 7.05 Å². The van der Waals surface area contributed by atoms with Gasteiger partial charge in [0.25, 0.3) is 5.91 Å². The van der Waals surface area contributed by atoms with Gasteiger partial charge in [0.05, 0.1) is 34.3 Å². The van der Waals surface area contributed by atoms with Gasteiger partial charge in [-0.2, -0.15) is 0 Å². The Labute approximate surface area is 153 Å². The van der Waals surface area contributed by atoms with E-state index in [9.17, 15) is 9.59 Å². The Kier molecular flexibility index (Phi) is 4.33. The number of carbonyl (C=O) groups is 2. The Morgan fingerprint density at radius 1 is 1.27 bits per heavy atom. The monoisotopic (exact) mass is 374 g/mol. The van der Waals surface area contributed by atoms with Gasteiger partial charge in [-0.25, -0.2) is 4.79 Å². The summed E-state index contributed by atoms with van der Waals surface area (Å²) < 4.78 is 7.91. The van der Waals surface area contributed by atoms with Crippen molar-refractivity contribution in [1.82, 2.24) is 30.1 Å². The Balaban J connectivity index is 1.30. The van der Waals surface area contributed by atoms with Crippen LogP contribution in [0.15, 0.2) is 29.0 Å². The maximum Gasteiger partial charge on any atom is 0.317 e. The molecule has 0 spiro atoms. The van der Waals surface area contributed by atoms with Gasteiger partial charge >= 0.3 is 6.03 Å². The number of fused-ring (bicyclic) bond motifs is 1. The fraction of sp³-hybridized carbons (Fsp3) is 0.375. The minimum atomic E-state index is -0.146. The van der Waals surface area contributed by atoms with E-state index in [2.05, 4.69) is 15.6 Å². The number of carbonyl (C=O) groups excluding carboxylic acids is 2. The maximum atomic E-state index is 12.6. The van der Waals surface area contributed by atoms with Gasteiger partial charge in [-0.05, 0) is 6.07 Å². The molecule has 0 bridgehead atoms. The normalized spacial score (nSPS) is 14.8. The molecule has 3 amide bonds. The van der Waals surface area contributed by atoms with Crippen LogP contribution in [0, 0.1) is 0 Å². The van der Waals surface area contributed by atoms with Crippen LogP contribution in [-0.2, 0) is 13.6 Å². The van der Waals surface area contributed by atoms with Gasteiger partial charge in [0.1, 0.15) is 5.58 Å². The number of furan rings is 1. The number of rotatable bonds is 3. The Bertz CT molecular complexity index is 908. The van der Waals surface area contributed by atoms with Crippen molar-refractivity contribution < 1.29 is 14.0 Å². The molecule has 0 atom stereocenters. The highest BCUT2D eigenvalue weighted by atomic mass is 32.1. The quantitative estimate of drug-likeness (QED) is 0.745. The average molecular weight is 374 g/mol. The third kappa shape index (κ3) is 3.15. The van der Waals surface area contributed by atoms with Crippen LogP contribution in [-0.4, -0.2) is 62.9 Å². The summed E-state index contributed by atoms with van der Waals surface area (Å²) in [6, 6.07) is 3.49. The van der Waals surface area contributed by atoms with Gasteiger partial charge < -0.3 is 19.5 Å². The minimum absolute atomic E-state index is 0.0117. The van der Waals surface area contributed by atoms with E-state index < -0.39 is 0 Å². The third-order valence-corrected chi connectivity index (χ3v) is 5.50. The average Bonchev–Trinajstić information content (AvgIpc) is 3.35. The predicted octanol–water partition coefficient (Wildman–Crippen LogP) is 1.29. The number of piperazine rings is 1. The van der Waals surface area contributed by atoms with E-state index in [1.54, 1.807) is 40.1 Å². The van der Waals surface area contributed by atoms with Crippen molar-refractivity contribution in [2.45, 2.75) is 6.54 Å². The summed E-state index contributed by atoms with van der Waals surface area (Å²) >= 11 is 1.43. The zero-order valence-electron chi connectivity index (χ0n) is 14.2. The lowest BCUT2D eigenvalue weighted by molar-refractivity contribution is 0.0669. The van der Waals surface area contributed by atoms with Gasteiger partial charge in [-0.1, -0.05) is 5.21 Å². The van der Waals surface area contributed by atoms with E-state index in [-0.39, 0.29) is 11.9 Å². The van der Waals surface area contributed by atoms with Crippen molar-refractivity contribution in [1.29, 1.82) is 0 Å². The molecule has 1 N–H and O–H groups in total. The van der Waals surface area contributed by atoms with Gasteiger partial charge in [0, 0.05) is 39.3 Å². The first-order valence-electron chi connectivity index (χ1n) is 8.24. The molecule has 1 aliphatic rings. The topological polar surface area (TPSA) is 96.5 Å². The summed E-state index contributed by atoms with van der Waals surface area (Å²) in [4.78, 5) is 29.1. The molecule has 4 rings (SSSR count). The molecule has 0 radical (unpaired) electrons. The molecule has 3 aromatic heterocycles. The Hall–Kier alpha value is -2.88. The number of hydrogen-bond donors (Lipinski definition) is 1. The third-order valence-electron chi connectivity index (χ3n) is 4.43. The fourth-order valence-electron chi connectivity index (χ4n) is 2.89. The summed E-state index contributed by atoms with van der Waals surface area (Å²) in [5.41, 5.74) is 1.56. The highest BCUT2D eigenvalue weighted by molar-refractivity contribution is 7.20. The molecule has 26 heavy (non-hydrogen) atoms. The summed E-state index contributed by atoms with van der Waals surface area (Å²) in [7, 11) is 1.78. The first-order chi connectivity index (χ1) is 12.6. The lowest BCUT2D eigenvalue weighted by Gasteiger charge is -2.34. The van der Waals surface area contributed by atoms with Crippen molar-refractivity contribution in [3.8, 4) is 0 Å². The van der Waals surface area contributed by atoms with Crippen LogP contribution in [0.5, 0.6) is 0 Å². The van der Waals surface area contributed by atoms with Crippen molar-refractivity contribution in [3.63, 3.8) is 0 Å². The SMILES string of the molecule is Cn1nncc1CNC(=O)N1CCN(C(=O)c2cc3occc3s2)CC1. The summed E-state index contributed by atoms with van der Waals surface area (Å²) in [6.45, 7) is 2.40. The number of amides is 3. The molecule has 0 aromatic carbocycles. The molecule has 1 fully saturated rings. The molecule has 3 aromatic rings. The van der Waals surface area contributed by atoms with Crippen LogP contribution in [0.1, 0.15) is 15.4 Å². The fourth-order valence-corrected chi connectivity index (χ4v) is 3.84. The molecular weight excluding hydrogens is 356 g/mol. The first kappa shape index (κ1) is 16.6. The highest BCUT2D eigenvalue weighted by Gasteiger charge is 2.26. The second-order valence-electron chi connectivity index (χ2n) is 6.05. The second-order valence-corrected chi connectivity index (χ2v) is 7.13. The van der Waals surface area contributed by atoms with Crippen LogP contribution in [0.2, 0.25) is 0 Å². The van der Waals surface area contributed by atoms with E-state index in [1.807, 2.05) is 6.07 Å². The van der Waals surface area contributed by atoms with Gasteiger partial charge in [0.2, 0.25) is 0 Å². The molecule has 9 nitrogen and oxygen atoms in total. The Morgan fingerprint density at radius 3 is 2.73 bits per heavy atom. The van der Waals surface area contributed by atoms with Crippen molar-refractivity contribution in [3.05, 3.63) is 35.2 Å². The second kappa shape index (κ2) is 6.79. The number of thiophene rings is 1. The van der Waals surface area contributed by atoms with Crippen LogP contribution in [0.3, 0.4) is 0 Å². The van der Waals surface area contributed by atoms with Crippen LogP contribution < -0.4 is 5.32 Å². The number of aryl methyl sites for hydroxylation is 1. The van der Waals surface area contributed by atoms with Gasteiger partial charge in [-0.15, -0.1) is 16.4 Å². The zero-order chi connectivity index (χ0) is 18.1. The van der Waals surface area contributed by atoms with E-state index >= 15 is 0 Å². The molecule has 136 valence electrons. The molecule has 0 saturated carbocycles. The van der Waals surface area contributed by atoms with Gasteiger partial charge in [0.15, 0.2) is 0 Å². The van der Waals surface area contributed by atoms with E-state index in [0.29, 0.717) is 37.6 Å². The molecule has 10 heteroatoms. The molecule has 1 aliphatic heterocycles. The molecule has 0 unspecified atom stereocenters. The van der Waals surface area contributed by atoms with E-state index in [0.717, 1.165) is 16.0 Å². The van der Waals surface area contributed by atoms with Crippen LogP contribution in [0.4, 0.5) is 4.79 Å². The largest absolute Gasteiger partial charge is 0.463 e. The highest BCUT2D eigenvalue weighted by Crippen LogP contribution is 2.27. The minimum Gasteiger partial charge on any atom is -0.463 e. The predicted molar refractivity (Wildman–Crippen MR) is 94.8 cm³/mol. The van der Waals surface area contributed by atoms with Gasteiger partial charge in [-0.3, -0.25) is 9.48 Å². The molecule has 0 aliphatic carbocycles. The molecule has 1 saturated heterocycles. The smallest absolute Gasteiger partial charge is 0.317 e. The number of nitrogens with one attached hydrogen (secondary N) is 1. The van der Waals surface area contributed by atoms with E-state index in [1.165, 1.54) is 11.3 Å². The lowest BCUT2D eigenvalue weighted by Crippen LogP contribution is -2.53. The standard InChI is InChI=1S/C16H18N6O3S/c1-20-11(10-18-19-20)9-17-16(24)22-5-3-21(4-6-22)15(23)14-8-12-13(26-14)2-7-25-12/h2,7-8,10H,3-6,9H2,1H3,(H,17,24). The summed E-state index contributed by atoms with van der Waals surface area (Å²) in [5.74, 6) is -0.0117. The summed E-state index contributed by atoms with van der Waals surface area (Å²) in [5, 5.41) is 10.5. The van der Waals surface area contributed by atoms with Crippen LogP contribution >= 0.6 is 11.3 Å². The maximum absolute atomic E-state index is 12.6. The Morgan fingerprint density at radius 2 is 2.04 bits per heavy atom. The first-order valence-corrected chi connectivity index (χ1v) is 9.06. The summed E-state index contributed by atoms with van der Waals surface area (Å²) in [6.07, 6.45) is 3.24. The number of hydrogen-bond acceptors (Lipinski definition) is 6. The number of aromatic nitrogens is 3. The molecular formula is C16H18N6O3S. The number of nitrogens with zero attached hydrogens (tertiary/aromatic N) is 5. The van der Waals surface area contributed by atoms with Crippen molar-refractivity contribution >= 4 is 33.6 Å². The number of urea groups is 1. The lowest BCUT2D eigenvalue weighted by atomic mass is 10.3. The van der Waals surface area contributed by atoms with Crippen LogP contribution in [0.25, 0.3) is 10.3 Å². The van der Waals surface area contributed by atoms with Crippen molar-refractivity contribution in [2.75, 3.05) is 26.2 Å². The molecule has 4 heterocycles. The van der Waals surface area contributed by atoms with E-state index in [4.69, 9.17) is 4.42 Å².